The van der Waals surface area contributed by atoms with Gasteiger partial charge in [-0.25, -0.2) is 0 Å². The number of carbonyl (C=O) groups is 1. The van der Waals surface area contributed by atoms with Crippen molar-refractivity contribution >= 4 is 5.97 Å². The minimum absolute atomic E-state index is 0.0278. The van der Waals surface area contributed by atoms with E-state index in [-0.39, 0.29) is 30.0 Å². The smallest absolute Gasteiger partial charge is 0.314 e. The van der Waals surface area contributed by atoms with Crippen LogP contribution in [0.3, 0.4) is 0 Å². The van der Waals surface area contributed by atoms with Gasteiger partial charge in [-0.15, -0.1) is 0 Å². The Balaban J connectivity index is 1.73. The number of aromatic hydroxyl groups is 2. The third-order valence-corrected chi connectivity index (χ3v) is 6.84. The summed E-state index contributed by atoms with van der Waals surface area (Å²) in [5.41, 5.74) is 5.49. The van der Waals surface area contributed by atoms with Crippen molar-refractivity contribution in [2.75, 3.05) is 27.9 Å². The van der Waals surface area contributed by atoms with Gasteiger partial charge in [0.15, 0.2) is 11.5 Å². The van der Waals surface area contributed by atoms with Crippen molar-refractivity contribution in [1.82, 2.24) is 0 Å². The zero-order valence-corrected chi connectivity index (χ0v) is 19.3. The molecule has 34 heavy (non-hydrogen) atoms. The van der Waals surface area contributed by atoms with Gasteiger partial charge in [0, 0.05) is 23.1 Å². The summed E-state index contributed by atoms with van der Waals surface area (Å²) in [6.45, 7) is 0.257. The van der Waals surface area contributed by atoms with Crippen molar-refractivity contribution in [2.45, 2.75) is 24.7 Å². The summed E-state index contributed by atoms with van der Waals surface area (Å²) in [5, 5.41) is 20.0. The van der Waals surface area contributed by atoms with Crippen LogP contribution >= 0.6 is 0 Å². The summed E-state index contributed by atoms with van der Waals surface area (Å²) < 4.78 is 22.5. The third kappa shape index (κ3) is 3.39. The summed E-state index contributed by atoms with van der Waals surface area (Å²) in [6, 6.07) is 12.2. The van der Waals surface area contributed by atoms with E-state index in [1.54, 1.807) is 37.4 Å². The number of carbonyl (C=O) groups excluding carboxylic acids is 1. The van der Waals surface area contributed by atoms with Gasteiger partial charge in [-0.2, -0.15) is 0 Å². The largest absolute Gasteiger partial charge is 0.508 e. The van der Waals surface area contributed by atoms with Crippen LogP contribution in [0.4, 0.5) is 0 Å². The molecule has 1 aliphatic heterocycles. The van der Waals surface area contributed by atoms with Crippen LogP contribution in [0.1, 0.15) is 34.1 Å². The third-order valence-electron chi connectivity index (χ3n) is 6.84. The molecule has 2 atom stereocenters. The predicted molar refractivity (Wildman–Crippen MR) is 125 cm³/mol. The van der Waals surface area contributed by atoms with Gasteiger partial charge in [-0.05, 0) is 59.4 Å². The first-order valence-corrected chi connectivity index (χ1v) is 11.1. The molecular formula is C27H26O7. The molecule has 0 amide bonds. The highest BCUT2D eigenvalue weighted by atomic mass is 16.5. The van der Waals surface area contributed by atoms with E-state index in [1.807, 2.05) is 12.1 Å². The van der Waals surface area contributed by atoms with Gasteiger partial charge in [0.25, 0.3) is 0 Å². The van der Waals surface area contributed by atoms with E-state index in [9.17, 15) is 15.0 Å². The topological polar surface area (TPSA) is 94.5 Å². The average Bonchev–Trinajstić information content (AvgIpc) is 2.86. The normalized spacial score (nSPS) is 18.1. The fraction of sp³-hybridized carbons (Fsp3) is 0.296. The molecule has 1 heterocycles. The first-order valence-electron chi connectivity index (χ1n) is 11.1. The maximum Gasteiger partial charge on any atom is 0.314 e. The van der Waals surface area contributed by atoms with Gasteiger partial charge in [0.2, 0.25) is 0 Å². The van der Waals surface area contributed by atoms with Gasteiger partial charge < -0.3 is 29.2 Å². The summed E-state index contributed by atoms with van der Waals surface area (Å²) in [4.78, 5) is 13.2. The molecule has 0 saturated carbocycles. The molecule has 0 saturated heterocycles. The van der Waals surface area contributed by atoms with E-state index in [0.717, 1.165) is 33.4 Å². The van der Waals surface area contributed by atoms with Crippen molar-refractivity contribution < 1.29 is 34.0 Å². The van der Waals surface area contributed by atoms with Crippen molar-refractivity contribution in [3.63, 3.8) is 0 Å². The van der Waals surface area contributed by atoms with Crippen LogP contribution in [0.25, 0.3) is 11.1 Å². The quantitative estimate of drug-likeness (QED) is 0.558. The van der Waals surface area contributed by atoms with Gasteiger partial charge in [-0.3, -0.25) is 4.79 Å². The lowest BCUT2D eigenvalue weighted by Crippen LogP contribution is -2.32. The zero-order valence-electron chi connectivity index (χ0n) is 19.3. The second kappa shape index (κ2) is 8.48. The molecule has 1 aliphatic carbocycles. The van der Waals surface area contributed by atoms with Crippen LogP contribution in [0, 0.1) is 0 Å². The Morgan fingerprint density at radius 1 is 0.971 bits per heavy atom. The minimum atomic E-state index is -0.610. The molecule has 0 spiro atoms. The number of esters is 1. The van der Waals surface area contributed by atoms with Crippen molar-refractivity contribution in [3.05, 3.63) is 64.7 Å². The van der Waals surface area contributed by atoms with Crippen molar-refractivity contribution in [3.8, 4) is 39.9 Å². The lowest BCUT2D eigenvalue weighted by atomic mass is 9.73. The molecule has 5 rings (SSSR count). The molecule has 0 unspecified atom stereocenters. The Labute approximate surface area is 197 Å². The number of ether oxygens (including phenoxy) is 4. The van der Waals surface area contributed by atoms with Gasteiger partial charge in [0.1, 0.15) is 17.2 Å². The maximum atomic E-state index is 13.2. The monoisotopic (exact) mass is 462 g/mol. The standard InChI is InChI=1S/C27H26O7/c1-31-21-11-15(5-9-20(21)29)19-13-34-23-12-22(32-2)24-17-8-6-16(28)10-14(17)4-7-18(24)25(23)26(19)27(30)33-3/h5-6,8-12,19,26,28-29H,4,7,13H2,1-3H3/t19-,26+/m0/s1. The number of fused-ring (bicyclic) bond motifs is 5. The summed E-state index contributed by atoms with van der Waals surface area (Å²) in [6.07, 6.45) is 1.37. The van der Waals surface area contributed by atoms with E-state index in [1.165, 1.54) is 14.2 Å². The van der Waals surface area contributed by atoms with Crippen LogP contribution in [-0.4, -0.2) is 44.1 Å². The summed E-state index contributed by atoms with van der Waals surface area (Å²) in [5.74, 6) is 0.539. The van der Waals surface area contributed by atoms with Crippen LogP contribution in [0.5, 0.6) is 28.7 Å². The molecule has 0 fully saturated rings. The Morgan fingerprint density at radius 3 is 2.50 bits per heavy atom. The number of methoxy groups -OCH3 is 3. The molecule has 3 aromatic rings. The van der Waals surface area contributed by atoms with Crippen molar-refractivity contribution in [1.29, 1.82) is 0 Å². The second-order valence-electron chi connectivity index (χ2n) is 8.54. The molecule has 3 aromatic carbocycles. The Bertz CT molecular complexity index is 1280. The van der Waals surface area contributed by atoms with Crippen LogP contribution in [0.2, 0.25) is 0 Å². The number of hydrogen-bond acceptors (Lipinski definition) is 7. The molecule has 0 radical (unpaired) electrons. The van der Waals surface area contributed by atoms with Crippen molar-refractivity contribution in [2.24, 2.45) is 0 Å². The predicted octanol–water partition coefficient (Wildman–Crippen LogP) is 4.31. The summed E-state index contributed by atoms with van der Waals surface area (Å²) in [7, 11) is 4.49. The van der Waals surface area contributed by atoms with Crippen LogP contribution < -0.4 is 14.2 Å². The van der Waals surface area contributed by atoms with E-state index in [4.69, 9.17) is 18.9 Å². The lowest BCUT2D eigenvalue weighted by molar-refractivity contribution is -0.143. The molecule has 7 heteroatoms. The van der Waals surface area contributed by atoms with E-state index < -0.39 is 5.92 Å². The Morgan fingerprint density at radius 2 is 1.76 bits per heavy atom. The SMILES string of the molecule is COC(=O)[C@H]1c2c(cc(OC)c3c2CCc2cc(O)ccc2-3)OC[C@H]1c1ccc(O)c(OC)c1. The highest BCUT2D eigenvalue weighted by Gasteiger charge is 2.42. The maximum absolute atomic E-state index is 13.2. The number of phenolic OH excluding ortho intramolecular Hbond substituents is 2. The van der Waals surface area contributed by atoms with Gasteiger partial charge in [-0.1, -0.05) is 12.1 Å². The Hall–Kier alpha value is -3.87. The molecule has 2 N–H and O–H groups in total. The van der Waals surface area contributed by atoms with Crippen LogP contribution in [0.15, 0.2) is 42.5 Å². The minimum Gasteiger partial charge on any atom is -0.508 e. The number of hydrogen-bond donors (Lipinski definition) is 2. The highest BCUT2D eigenvalue weighted by molar-refractivity contribution is 5.87. The number of rotatable bonds is 4. The highest BCUT2D eigenvalue weighted by Crippen LogP contribution is 2.53. The molecule has 0 aromatic heterocycles. The van der Waals surface area contributed by atoms with E-state index in [0.29, 0.717) is 30.1 Å². The molecule has 176 valence electrons. The summed E-state index contributed by atoms with van der Waals surface area (Å²) >= 11 is 0. The lowest BCUT2D eigenvalue weighted by Gasteiger charge is -2.36. The van der Waals surface area contributed by atoms with E-state index in [2.05, 4.69) is 0 Å². The van der Waals surface area contributed by atoms with Gasteiger partial charge in [0.05, 0.1) is 33.9 Å². The first-order chi connectivity index (χ1) is 16.5. The molecule has 7 nitrogen and oxygen atoms in total. The zero-order chi connectivity index (χ0) is 24.0. The number of phenols is 2. The molecular weight excluding hydrogens is 436 g/mol. The van der Waals surface area contributed by atoms with Gasteiger partial charge >= 0.3 is 5.97 Å². The average molecular weight is 462 g/mol. The van der Waals surface area contributed by atoms with Crippen LogP contribution in [-0.2, 0) is 22.4 Å². The first kappa shape index (κ1) is 21.9. The molecule has 0 bridgehead atoms. The van der Waals surface area contributed by atoms with E-state index >= 15 is 0 Å². The fourth-order valence-electron chi connectivity index (χ4n) is 5.27. The number of aryl methyl sites for hydroxylation is 1. The second-order valence-corrected chi connectivity index (χ2v) is 8.54. The Kier molecular flexibility index (Phi) is 5.48. The number of benzene rings is 3. The molecule has 2 aliphatic rings. The fourth-order valence-corrected chi connectivity index (χ4v) is 5.27.